The molecular formula is C7H8N2O2. The molecule has 0 atom stereocenters. The lowest BCUT2D eigenvalue weighted by atomic mass is 9.92. The Bertz CT molecular complexity index is 314. The predicted molar refractivity (Wildman–Crippen MR) is 38.2 cm³/mol. The van der Waals surface area contributed by atoms with Gasteiger partial charge in [0.15, 0.2) is 18.0 Å². The zero-order chi connectivity index (χ0) is 8.06. The molecule has 1 N–H and O–H groups in total. The Kier molecular flexibility index (Phi) is 0.952. The zero-order valence-corrected chi connectivity index (χ0v) is 6.34. The van der Waals surface area contributed by atoms with Crippen molar-refractivity contribution in [2.75, 3.05) is 5.32 Å². The summed E-state index contributed by atoms with van der Waals surface area (Å²) in [6.45, 7) is 3.61. The molecule has 0 aromatic carbocycles. The molecule has 4 heteroatoms. The predicted octanol–water partition coefficient (Wildman–Crippen LogP) is 0.904. The van der Waals surface area contributed by atoms with Crippen LogP contribution in [0.25, 0.3) is 0 Å². The van der Waals surface area contributed by atoms with Gasteiger partial charge in [-0.25, -0.2) is 0 Å². The molecule has 0 unspecified atom stereocenters. The molecule has 58 valence electrons. The van der Waals surface area contributed by atoms with E-state index in [1.165, 1.54) is 6.39 Å². The van der Waals surface area contributed by atoms with E-state index in [0.717, 1.165) is 0 Å². The zero-order valence-electron chi connectivity index (χ0n) is 6.34. The van der Waals surface area contributed by atoms with Crippen LogP contribution in [-0.2, 0) is 10.2 Å². The Morgan fingerprint density at radius 3 is 3.00 bits per heavy atom. The van der Waals surface area contributed by atoms with Crippen LogP contribution in [0.1, 0.15) is 19.6 Å². The van der Waals surface area contributed by atoms with E-state index in [1.807, 2.05) is 0 Å². The number of hydrogen-bond acceptors (Lipinski definition) is 3. The van der Waals surface area contributed by atoms with Gasteiger partial charge in [-0.1, -0.05) is 0 Å². The van der Waals surface area contributed by atoms with Crippen molar-refractivity contribution in [3.63, 3.8) is 0 Å². The minimum absolute atomic E-state index is 0.0562. The summed E-state index contributed by atoms with van der Waals surface area (Å²) in [7, 11) is 0. The molecule has 0 saturated carbocycles. The van der Waals surface area contributed by atoms with Gasteiger partial charge in [0.2, 0.25) is 5.91 Å². The van der Waals surface area contributed by atoms with Gasteiger partial charge in [-0.05, 0) is 13.8 Å². The monoisotopic (exact) mass is 152 g/mol. The van der Waals surface area contributed by atoms with Crippen molar-refractivity contribution >= 4 is 11.7 Å². The van der Waals surface area contributed by atoms with E-state index in [9.17, 15) is 4.79 Å². The molecule has 1 aliphatic rings. The summed E-state index contributed by atoms with van der Waals surface area (Å²) >= 11 is 0. The number of aromatic nitrogens is 1. The second-order valence-corrected chi connectivity index (χ2v) is 3.11. The molecule has 0 aliphatic carbocycles. The lowest BCUT2D eigenvalue weighted by molar-refractivity contribution is -0.120. The first-order valence-electron chi connectivity index (χ1n) is 3.38. The number of hydrogen-bond donors (Lipinski definition) is 1. The van der Waals surface area contributed by atoms with Gasteiger partial charge in [0.1, 0.15) is 5.41 Å². The minimum Gasteiger partial charge on any atom is -0.445 e. The molecule has 4 nitrogen and oxygen atoms in total. The third-order valence-corrected chi connectivity index (χ3v) is 1.93. The van der Waals surface area contributed by atoms with Gasteiger partial charge in [-0.2, -0.15) is 4.98 Å². The Balaban J connectivity index is 2.61. The van der Waals surface area contributed by atoms with Gasteiger partial charge in [-0.3, -0.25) is 4.79 Å². The van der Waals surface area contributed by atoms with Gasteiger partial charge in [0.25, 0.3) is 0 Å². The van der Waals surface area contributed by atoms with Crippen molar-refractivity contribution in [1.82, 2.24) is 4.98 Å². The summed E-state index contributed by atoms with van der Waals surface area (Å²) in [6, 6.07) is 0. The first kappa shape index (κ1) is 6.39. The summed E-state index contributed by atoms with van der Waals surface area (Å²) in [5.41, 5.74) is -0.564. The number of amides is 1. The van der Waals surface area contributed by atoms with Crippen LogP contribution < -0.4 is 5.32 Å². The molecular weight excluding hydrogens is 144 g/mol. The molecule has 0 spiro atoms. The van der Waals surface area contributed by atoms with Crippen LogP contribution in [0.4, 0.5) is 5.82 Å². The third-order valence-electron chi connectivity index (χ3n) is 1.93. The van der Waals surface area contributed by atoms with E-state index >= 15 is 0 Å². The van der Waals surface area contributed by atoms with Crippen LogP contribution in [0, 0.1) is 0 Å². The number of oxazole rings is 1. The van der Waals surface area contributed by atoms with Crippen molar-refractivity contribution in [2.45, 2.75) is 19.3 Å². The summed E-state index contributed by atoms with van der Waals surface area (Å²) in [4.78, 5) is 15.0. The first-order chi connectivity index (χ1) is 5.12. The molecule has 0 bridgehead atoms. The van der Waals surface area contributed by atoms with Crippen molar-refractivity contribution < 1.29 is 9.21 Å². The molecule has 0 radical (unpaired) electrons. The number of fused-ring (bicyclic) bond motifs is 1. The van der Waals surface area contributed by atoms with Gasteiger partial charge in [0.05, 0.1) is 0 Å². The highest BCUT2D eigenvalue weighted by Gasteiger charge is 2.42. The largest absolute Gasteiger partial charge is 0.445 e. The molecule has 1 aromatic heterocycles. The fraction of sp³-hybridized carbons (Fsp3) is 0.429. The standard InChI is InChI=1S/C7H8N2O2/c1-7(2)4-5(8-3-11-4)9-6(7)10/h3H,1-2H3,(H,9,10). The molecule has 2 heterocycles. The third kappa shape index (κ3) is 0.636. The van der Waals surface area contributed by atoms with E-state index in [4.69, 9.17) is 4.42 Å². The Morgan fingerprint density at radius 1 is 1.64 bits per heavy atom. The highest BCUT2D eigenvalue weighted by atomic mass is 16.3. The van der Waals surface area contributed by atoms with Crippen LogP contribution in [0.2, 0.25) is 0 Å². The number of rotatable bonds is 0. The molecule has 1 aliphatic heterocycles. The van der Waals surface area contributed by atoms with Gasteiger partial charge in [-0.15, -0.1) is 0 Å². The van der Waals surface area contributed by atoms with Crippen molar-refractivity contribution in [1.29, 1.82) is 0 Å². The molecule has 11 heavy (non-hydrogen) atoms. The molecule has 2 rings (SSSR count). The maximum absolute atomic E-state index is 11.2. The van der Waals surface area contributed by atoms with Gasteiger partial charge in [0, 0.05) is 0 Å². The number of carbonyl (C=O) groups excluding carboxylic acids is 1. The second-order valence-electron chi connectivity index (χ2n) is 3.11. The van der Waals surface area contributed by atoms with Crippen LogP contribution in [-0.4, -0.2) is 10.9 Å². The highest BCUT2D eigenvalue weighted by molar-refractivity contribution is 6.03. The van der Waals surface area contributed by atoms with Gasteiger partial charge < -0.3 is 9.73 Å². The number of carbonyl (C=O) groups is 1. The highest BCUT2D eigenvalue weighted by Crippen LogP contribution is 2.35. The lowest BCUT2D eigenvalue weighted by Crippen LogP contribution is -2.26. The normalized spacial score (nSPS) is 19.6. The first-order valence-corrected chi connectivity index (χ1v) is 3.38. The van der Waals surface area contributed by atoms with Crippen molar-refractivity contribution in [3.05, 3.63) is 12.2 Å². The fourth-order valence-corrected chi connectivity index (χ4v) is 1.15. The summed E-state index contributed by atoms with van der Waals surface area (Å²) in [5, 5.41) is 2.62. The minimum atomic E-state index is -0.564. The van der Waals surface area contributed by atoms with Crippen molar-refractivity contribution in [2.24, 2.45) is 0 Å². The van der Waals surface area contributed by atoms with Crippen molar-refractivity contribution in [3.8, 4) is 0 Å². The molecule has 1 amide bonds. The fourth-order valence-electron chi connectivity index (χ4n) is 1.15. The number of nitrogens with zero attached hydrogens (tertiary/aromatic N) is 1. The second kappa shape index (κ2) is 1.64. The summed E-state index contributed by atoms with van der Waals surface area (Å²) in [5.74, 6) is 1.13. The Hall–Kier alpha value is -1.32. The molecule has 0 saturated heterocycles. The van der Waals surface area contributed by atoms with E-state index < -0.39 is 5.41 Å². The maximum atomic E-state index is 11.2. The van der Waals surface area contributed by atoms with E-state index in [1.54, 1.807) is 13.8 Å². The Morgan fingerprint density at radius 2 is 2.36 bits per heavy atom. The molecule has 1 aromatic rings. The van der Waals surface area contributed by atoms with Gasteiger partial charge >= 0.3 is 0 Å². The Labute approximate surface area is 63.6 Å². The van der Waals surface area contributed by atoms with Crippen LogP contribution >= 0.6 is 0 Å². The maximum Gasteiger partial charge on any atom is 0.239 e. The van der Waals surface area contributed by atoms with E-state index in [-0.39, 0.29) is 5.91 Å². The average molecular weight is 152 g/mol. The van der Waals surface area contributed by atoms with Crippen LogP contribution in [0.5, 0.6) is 0 Å². The quantitative estimate of drug-likeness (QED) is 0.601. The summed E-state index contributed by atoms with van der Waals surface area (Å²) < 4.78 is 5.07. The smallest absolute Gasteiger partial charge is 0.239 e. The SMILES string of the molecule is CC1(C)C(=O)Nc2ncoc21. The van der Waals surface area contributed by atoms with Crippen LogP contribution in [0.15, 0.2) is 10.8 Å². The number of nitrogens with one attached hydrogen (secondary N) is 1. The topological polar surface area (TPSA) is 55.1 Å². The number of anilines is 1. The lowest BCUT2D eigenvalue weighted by Gasteiger charge is -2.10. The van der Waals surface area contributed by atoms with Crippen LogP contribution in [0.3, 0.4) is 0 Å². The average Bonchev–Trinajstić information content (AvgIpc) is 2.41. The van der Waals surface area contributed by atoms with E-state index in [2.05, 4.69) is 10.3 Å². The molecule has 0 fully saturated rings. The summed E-state index contributed by atoms with van der Waals surface area (Å²) in [6.07, 6.45) is 1.34. The van der Waals surface area contributed by atoms with E-state index in [0.29, 0.717) is 11.6 Å².